The SMILES string of the molecule is CC(C)(C)c1csc(C2CCN(C(=O)C3CCc4nncn4C3)CC2)n1. The van der Waals surface area contributed by atoms with Gasteiger partial charge in [-0.15, -0.1) is 21.5 Å². The van der Waals surface area contributed by atoms with Crippen molar-refractivity contribution in [2.24, 2.45) is 5.92 Å². The van der Waals surface area contributed by atoms with Gasteiger partial charge in [-0.2, -0.15) is 0 Å². The molecule has 0 saturated carbocycles. The summed E-state index contributed by atoms with van der Waals surface area (Å²) in [4.78, 5) is 19.9. The molecule has 0 spiro atoms. The van der Waals surface area contributed by atoms with Crippen molar-refractivity contribution in [2.75, 3.05) is 13.1 Å². The van der Waals surface area contributed by atoms with Crippen LogP contribution in [-0.2, 0) is 23.2 Å². The topological polar surface area (TPSA) is 63.9 Å². The number of aryl methyl sites for hydroxylation is 1. The first-order valence-electron chi connectivity index (χ1n) is 9.53. The highest BCUT2D eigenvalue weighted by Crippen LogP contribution is 2.34. The zero-order chi connectivity index (χ0) is 18.3. The van der Waals surface area contributed by atoms with Crippen molar-refractivity contribution in [2.45, 2.75) is 64.3 Å². The third-order valence-electron chi connectivity index (χ3n) is 5.62. The van der Waals surface area contributed by atoms with Gasteiger partial charge in [-0.05, 0) is 19.3 Å². The van der Waals surface area contributed by atoms with E-state index in [2.05, 4.69) is 41.2 Å². The molecule has 2 aromatic rings. The number of carbonyl (C=O) groups is 1. The van der Waals surface area contributed by atoms with Crippen LogP contribution in [0.4, 0.5) is 0 Å². The van der Waals surface area contributed by atoms with Gasteiger partial charge in [0.2, 0.25) is 5.91 Å². The van der Waals surface area contributed by atoms with Gasteiger partial charge in [-0.1, -0.05) is 20.8 Å². The molecule has 140 valence electrons. The molecule has 1 atom stereocenters. The number of carbonyl (C=O) groups excluding carboxylic acids is 1. The Labute approximate surface area is 158 Å². The van der Waals surface area contributed by atoms with Crippen molar-refractivity contribution in [3.63, 3.8) is 0 Å². The first kappa shape index (κ1) is 17.6. The minimum Gasteiger partial charge on any atom is -0.342 e. The molecule has 26 heavy (non-hydrogen) atoms. The summed E-state index contributed by atoms with van der Waals surface area (Å²) in [5, 5.41) is 11.5. The van der Waals surface area contributed by atoms with Crippen LogP contribution >= 0.6 is 11.3 Å². The maximum atomic E-state index is 12.9. The van der Waals surface area contributed by atoms with E-state index in [9.17, 15) is 4.79 Å². The lowest BCUT2D eigenvalue weighted by molar-refractivity contribution is -0.137. The normalized spacial score (nSPS) is 21.7. The maximum absolute atomic E-state index is 12.9. The van der Waals surface area contributed by atoms with Gasteiger partial charge in [-0.25, -0.2) is 4.98 Å². The quantitative estimate of drug-likeness (QED) is 0.812. The zero-order valence-electron chi connectivity index (χ0n) is 15.8. The summed E-state index contributed by atoms with van der Waals surface area (Å²) in [7, 11) is 0. The number of fused-ring (bicyclic) bond motifs is 1. The number of amides is 1. The second kappa shape index (κ2) is 6.76. The minimum absolute atomic E-state index is 0.0717. The van der Waals surface area contributed by atoms with E-state index in [0.717, 1.165) is 51.1 Å². The number of piperidine rings is 1. The van der Waals surface area contributed by atoms with Crippen LogP contribution in [0.2, 0.25) is 0 Å². The second-order valence-corrected chi connectivity index (χ2v) is 9.45. The Morgan fingerprint density at radius 3 is 2.69 bits per heavy atom. The highest BCUT2D eigenvalue weighted by molar-refractivity contribution is 7.09. The van der Waals surface area contributed by atoms with Crippen molar-refractivity contribution in [3.05, 3.63) is 28.2 Å². The third-order valence-corrected chi connectivity index (χ3v) is 6.63. The largest absolute Gasteiger partial charge is 0.342 e. The highest BCUT2D eigenvalue weighted by atomic mass is 32.1. The molecule has 0 aromatic carbocycles. The van der Waals surface area contributed by atoms with Gasteiger partial charge in [0.05, 0.1) is 16.6 Å². The third kappa shape index (κ3) is 3.41. The molecule has 0 aliphatic carbocycles. The van der Waals surface area contributed by atoms with Crippen molar-refractivity contribution in [1.29, 1.82) is 0 Å². The Kier molecular flexibility index (Phi) is 4.59. The molecule has 1 fully saturated rings. The molecule has 4 rings (SSSR count). The van der Waals surface area contributed by atoms with Gasteiger partial charge in [0, 0.05) is 42.8 Å². The summed E-state index contributed by atoms with van der Waals surface area (Å²) in [6.07, 6.45) is 5.53. The van der Waals surface area contributed by atoms with Crippen LogP contribution in [0.15, 0.2) is 11.7 Å². The Bertz CT molecular complexity index is 782. The Morgan fingerprint density at radius 2 is 2.00 bits per heavy atom. The van der Waals surface area contributed by atoms with Crippen LogP contribution in [0.1, 0.15) is 62.5 Å². The van der Waals surface area contributed by atoms with Gasteiger partial charge in [0.15, 0.2) is 0 Å². The molecule has 0 bridgehead atoms. The molecule has 4 heterocycles. The van der Waals surface area contributed by atoms with Crippen LogP contribution in [0.3, 0.4) is 0 Å². The van der Waals surface area contributed by atoms with E-state index >= 15 is 0 Å². The summed E-state index contributed by atoms with van der Waals surface area (Å²) in [5.41, 5.74) is 1.29. The van der Waals surface area contributed by atoms with Gasteiger partial charge in [0.1, 0.15) is 12.2 Å². The molecular weight excluding hydrogens is 346 g/mol. The molecule has 2 aromatic heterocycles. The highest BCUT2D eigenvalue weighted by Gasteiger charge is 2.32. The summed E-state index contributed by atoms with van der Waals surface area (Å²) in [5.74, 6) is 1.88. The molecule has 7 heteroatoms. The fourth-order valence-corrected chi connectivity index (χ4v) is 5.10. The first-order chi connectivity index (χ1) is 12.4. The van der Waals surface area contributed by atoms with E-state index in [1.54, 1.807) is 17.7 Å². The molecule has 0 radical (unpaired) electrons. The van der Waals surface area contributed by atoms with E-state index in [0.29, 0.717) is 11.8 Å². The number of hydrogen-bond donors (Lipinski definition) is 0. The Morgan fingerprint density at radius 1 is 1.23 bits per heavy atom. The fourth-order valence-electron chi connectivity index (χ4n) is 3.88. The van der Waals surface area contributed by atoms with Crippen molar-refractivity contribution in [3.8, 4) is 0 Å². The van der Waals surface area contributed by atoms with Gasteiger partial charge in [-0.3, -0.25) is 4.79 Å². The Hall–Kier alpha value is -1.76. The lowest BCUT2D eigenvalue weighted by Crippen LogP contribution is -2.43. The van der Waals surface area contributed by atoms with Crippen LogP contribution < -0.4 is 0 Å². The van der Waals surface area contributed by atoms with Crippen molar-refractivity contribution >= 4 is 17.2 Å². The van der Waals surface area contributed by atoms with E-state index in [1.165, 1.54) is 10.7 Å². The number of hydrogen-bond acceptors (Lipinski definition) is 5. The number of thiazole rings is 1. The number of rotatable bonds is 2. The summed E-state index contributed by atoms with van der Waals surface area (Å²) in [6, 6.07) is 0. The van der Waals surface area contributed by atoms with Gasteiger partial charge < -0.3 is 9.47 Å². The van der Waals surface area contributed by atoms with Crippen LogP contribution in [0.5, 0.6) is 0 Å². The van der Waals surface area contributed by atoms with Crippen LogP contribution in [0, 0.1) is 5.92 Å². The average molecular weight is 374 g/mol. The predicted octanol–water partition coefficient (Wildman–Crippen LogP) is 3.00. The van der Waals surface area contributed by atoms with Crippen LogP contribution in [-0.4, -0.2) is 43.6 Å². The summed E-state index contributed by atoms with van der Waals surface area (Å²) < 4.78 is 2.03. The maximum Gasteiger partial charge on any atom is 0.227 e. The smallest absolute Gasteiger partial charge is 0.227 e. The Balaban J connectivity index is 1.35. The molecule has 2 aliphatic heterocycles. The van der Waals surface area contributed by atoms with E-state index in [-0.39, 0.29) is 11.3 Å². The van der Waals surface area contributed by atoms with E-state index in [4.69, 9.17) is 4.98 Å². The first-order valence-corrected chi connectivity index (χ1v) is 10.4. The second-order valence-electron chi connectivity index (χ2n) is 8.56. The standard InChI is InChI=1S/C19H27N5OS/c1-19(2,3)15-11-26-17(21-15)13-6-8-23(9-7-13)18(25)14-4-5-16-22-20-12-24(16)10-14/h11-14H,4-10H2,1-3H3. The lowest BCUT2D eigenvalue weighted by Gasteiger charge is -2.34. The predicted molar refractivity (Wildman–Crippen MR) is 101 cm³/mol. The lowest BCUT2D eigenvalue weighted by atomic mass is 9.92. The monoisotopic (exact) mass is 373 g/mol. The summed E-state index contributed by atoms with van der Waals surface area (Å²) in [6.45, 7) is 9.04. The molecule has 2 aliphatic rings. The fraction of sp³-hybridized carbons (Fsp3) is 0.684. The number of nitrogens with zero attached hydrogens (tertiary/aromatic N) is 5. The van der Waals surface area contributed by atoms with Gasteiger partial charge >= 0.3 is 0 Å². The molecule has 1 amide bonds. The summed E-state index contributed by atoms with van der Waals surface area (Å²) >= 11 is 1.78. The van der Waals surface area contributed by atoms with Gasteiger partial charge in [0.25, 0.3) is 0 Å². The van der Waals surface area contributed by atoms with Crippen LogP contribution in [0.25, 0.3) is 0 Å². The zero-order valence-corrected chi connectivity index (χ0v) is 16.6. The molecule has 1 unspecified atom stereocenters. The molecule has 0 N–H and O–H groups in total. The van der Waals surface area contributed by atoms with E-state index < -0.39 is 0 Å². The number of likely N-dealkylation sites (tertiary alicyclic amines) is 1. The van der Waals surface area contributed by atoms with E-state index in [1.807, 2.05) is 4.57 Å². The minimum atomic E-state index is 0.0717. The molecule has 6 nitrogen and oxygen atoms in total. The molecular formula is C19H27N5OS. The van der Waals surface area contributed by atoms with Crippen molar-refractivity contribution < 1.29 is 4.79 Å². The molecule has 1 saturated heterocycles. The number of aromatic nitrogens is 4. The average Bonchev–Trinajstić information content (AvgIpc) is 3.29. The van der Waals surface area contributed by atoms with Crippen molar-refractivity contribution in [1.82, 2.24) is 24.6 Å².